The van der Waals surface area contributed by atoms with E-state index in [9.17, 15) is 4.79 Å². The van der Waals surface area contributed by atoms with E-state index in [1.54, 1.807) is 13.0 Å². The van der Waals surface area contributed by atoms with Gasteiger partial charge in [-0.1, -0.05) is 0 Å². The van der Waals surface area contributed by atoms with E-state index in [4.69, 9.17) is 15.4 Å². The summed E-state index contributed by atoms with van der Waals surface area (Å²) in [6, 6.07) is 2.25. The molecule has 4 N–H and O–H groups in total. The summed E-state index contributed by atoms with van der Waals surface area (Å²) in [5.74, 6) is 6.05. The molecule has 0 radical (unpaired) electrons. The first-order valence-electron chi connectivity index (χ1n) is 6.11. The molecule has 1 saturated carbocycles. The average Bonchev–Trinajstić information content (AvgIpc) is 3.13. The Bertz CT molecular complexity index is 426. The largest absolute Gasteiger partial charge is 0.464 e. The number of aryl methyl sites for hydroxylation is 1. The number of nitrogens with one attached hydrogen (secondary N) is 1. The van der Waals surface area contributed by atoms with Crippen LogP contribution in [0.3, 0.4) is 0 Å². The van der Waals surface area contributed by atoms with E-state index in [0.29, 0.717) is 30.5 Å². The number of rotatable bonds is 6. The number of hydrogen-bond donors (Lipinski definition) is 3. The zero-order valence-electron chi connectivity index (χ0n) is 10.5. The highest BCUT2D eigenvalue weighted by Crippen LogP contribution is 2.28. The van der Waals surface area contributed by atoms with Gasteiger partial charge in [0.2, 0.25) is 0 Å². The molecule has 1 heterocycles. The quantitative estimate of drug-likeness (QED) is 0.381. The lowest BCUT2D eigenvalue weighted by atomic mass is 10.2. The first kappa shape index (κ1) is 13.1. The van der Waals surface area contributed by atoms with Gasteiger partial charge in [-0.2, -0.15) is 0 Å². The van der Waals surface area contributed by atoms with Crippen LogP contribution in [0.2, 0.25) is 0 Å². The van der Waals surface area contributed by atoms with E-state index in [1.807, 2.05) is 0 Å². The van der Waals surface area contributed by atoms with Crippen molar-refractivity contribution in [2.75, 3.05) is 13.2 Å². The minimum Gasteiger partial charge on any atom is -0.464 e. The summed E-state index contributed by atoms with van der Waals surface area (Å²) in [7, 11) is 0. The second-order valence-electron chi connectivity index (χ2n) is 4.58. The van der Waals surface area contributed by atoms with Gasteiger partial charge in [0.05, 0.1) is 18.7 Å². The third kappa shape index (κ3) is 2.90. The Kier molecular flexibility index (Phi) is 4.00. The van der Waals surface area contributed by atoms with Crippen LogP contribution in [0.5, 0.6) is 0 Å². The SMILES string of the molecule is Cc1oc(CN(CCO)C2CC2)cc1C(=O)NN. The van der Waals surface area contributed by atoms with Gasteiger partial charge in [0.1, 0.15) is 11.5 Å². The maximum Gasteiger partial charge on any atom is 0.268 e. The lowest BCUT2D eigenvalue weighted by molar-refractivity contribution is 0.0952. The fraction of sp³-hybridized carbons (Fsp3) is 0.583. The predicted octanol–water partition coefficient (Wildman–Crippen LogP) is 0.148. The summed E-state index contributed by atoms with van der Waals surface area (Å²) in [5.41, 5.74) is 2.56. The molecule has 6 nitrogen and oxygen atoms in total. The fourth-order valence-electron chi connectivity index (χ4n) is 2.08. The molecule has 1 aromatic rings. The van der Waals surface area contributed by atoms with Crippen LogP contribution < -0.4 is 11.3 Å². The highest BCUT2D eigenvalue weighted by Gasteiger charge is 2.29. The summed E-state index contributed by atoms with van der Waals surface area (Å²) in [4.78, 5) is 13.6. The molecule has 1 aliphatic carbocycles. The van der Waals surface area contributed by atoms with Crippen LogP contribution >= 0.6 is 0 Å². The molecule has 2 rings (SSSR count). The molecule has 1 fully saturated rings. The number of hydrazine groups is 1. The third-order valence-corrected chi connectivity index (χ3v) is 3.15. The van der Waals surface area contributed by atoms with Gasteiger partial charge in [0.25, 0.3) is 5.91 Å². The van der Waals surface area contributed by atoms with Gasteiger partial charge in [0, 0.05) is 12.6 Å². The Balaban J connectivity index is 2.06. The molecule has 0 spiro atoms. The summed E-state index contributed by atoms with van der Waals surface area (Å²) >= 11 is 0. The molecule has 1 amide bonds. The molecule has 1 aliphatic rings. The number of carbonyl (C=O) groups excluding carboxylic acids is 1. The third-order valence-electron chi connectivity index (χ3n) is 3.15. The number of hydrogen-bond acceptors (Lipinski definition) is 5. The molecule has 0 saturated heterocycles. The molecule has 1 aromatic heterocycles. The van der Waals surface area contributed by atoms with Crippen molar-refractivity contribution in [1.29, 1.82) is 0 Å². The number of furan rings is 1. The number of amides is 1. The van der Waals surface area contributed by atoms with E-state index < -0.39 is 0 Å². The van der Waals surface area contributed by atoms with Crippen molar-refractivity contribution in [3.05, 3.63) is 23.2 Å². The Hall–Kier alpha value is -1.37. The Morgan fingerprint density at radius 3 is 2.94 bits per heavy atom. The fourth-order valence-corrected chi connectivity index (χ4v) is 2.08. The molecule has 100 valence electrons. The first-order chi connectivity index (χ1) is 8.65. The molecule has 0 aliphatic heterocycles. The minimum atomic E-state index is -0.345. The minimum absolute atomic E-state index is 0.131. The Morgan fingerprint density at radius 2 is 2.39 bits per heavy atom. The van der Waals surface area contributed by atoms with Crippen LogP contribution in [-0.4, -0.2) is 35.1 Å². The van der Waals surface area contributed by atoms with E-state index in [-0.39, 0.29) is 12.5 Å². The van der Waals surface area contributed by atoms with Crippen molar-refractivity contribution >= 4 is 5.91 Å². The highest BCUT2D eigenvalue weighted by molar-refractivity contribution is 5.94. The normalized spacial score (nSPS) is 15.1. The summed E-state index contributed by atoms with van der Waals surface area (Å²) in [5, 5.41) is 9.02. The topological polar surface area (TPSA) is 91.7 Å². The van der Waals surface area contributed by atoms with Crippen molar-refractivity contribution < 1.29 is 14.3 Å². The number of nitrogens with two attached hydrogens (primary N) is 1. The van der Waals surface area contributed by atoms with Crippen molar-refractivity contribution in [2.24, 2.45) is 5.84 Å². The van der Waals surface area contributed by atoms with Crippen molar-refractivity contribution in [1.82, 2.24) is 10.3 Å². The van der Waals surface area contributed by atoms with Crippen molar-refractivity contribution in [3.63, 3.8) is 0 Å². The zero-order valence-corrected chi connectivity index (χ0v) is 10.5. The van der Waals surface area contributed by atoms with Gasteiger partial charge in [-0.3, -0.25) is 15.1 Å². The number of nitrogens with zero attached hydrogens (tertiary/aromatic N) is 1. The van der Waals surface area contributed by atoms with Gasteiger partial charge in [0.15, 0.2) is 0 Å². The maximum absolute atomic E-state index is 11.5. The lowest BCUT2D eigenvalue weighted by Crippen LogP contribution is -2.30. The molecule has 6 heteroatoms. The van der Waals surface area contributed by atoms with Crippen LogP contribution in [0.1, 0.15) is 34.7 Å². The van der Waals surface area contributed by atoms with Gasteiger partial charge in [-0.25, -0.2) is 5.84 Å². The summed E-state index contributed by atoms with van der Waals surface area (Å²) in [6.45, 7) is 3.11. The molecular weight excluding hydrogens is 234 g/mol. The number of nitrogen functional groups attached to an aromatic ring is 1. The van der Waals surface area contributed by atoms with Gasteiger partial charge < -0.3 is 9.52 Å². The highest BCUT2D eigenvalue weighted by atomic mass is 16.3. The van der Waals surface area contributed by atoms with E-state index in [2.05, 4.69) is 10.3 Å². The monoisotopic (exact) mass is 253 g/mol. The summed E-state index contributed by atoms with van der Waals surface area (Å²) < 4.78 is 5.55. The average molecular weight is 253 g/mol. The van der Waals surface area contributed by atoms with Gasteiger partial charge in [-0.05, 0) is 25.8 Å². The second-order valence-corrected chi connectivity index (χ2v) is 4.58. The molecule has 0 atom stereocenters. The van der Waals surface area contributed by atoms with E-state index in [1.165, 1.54) is 0 Å². The summed E-state index contributed by atoms with van der Waals surface area (Å²) in [6.07, 6.45) is 2.33. The standard InChI is InChI=1S/C12H19N3O3/c1-8-11(12(17)14-13)6-10(18-8)7-15(4-5-16)9-2-3-9/h6,9,16H,2-5,7,13H2,1H3,(H,14,17). The molecular formula is C12H19N3O3. The zero-order chi connectivity index (χ0) is 13.1. The first-order valence-corrected chi connectivity index (χ1v) is 6.11. The smallest absolute Gasteiger partial charge is 0.268 e. The number of carbonyl (C=O) groups is 1. The lowest BCUT2D eigenvalue weighted by Gasteiger charge is -2.18. The molecule has 0 bridgehead atoms. The van der Waals surface area contributed by atoms with E-state index in [0.717, 1.165) is 18.6 Å². The van der Waals surface area contributed by atoms with Crippen LogP contribution in [0, 0.1) is 6.92 Å². The van der Waals surface area contributed by atoms with Gasteiger partial charge in [-0.15, -0.1) is 0 Å². The molecule has 0 aromatic carbocycles. The van der Waals surface area contributed by atoms with Crippen molar-refractivity contribution in [2.45, 2.75) is 32.4 Å². The second kappa shape index (κ2) is 5.51. The van der Waals surface area contributed by atoms with E-state index >= 15 is 0 Å². The number of aliphatic hydroxyl groups is 1. The Morgan fingerprint density at radius 1 is 1.67 bits per heavy atom. The van der Waals surface area contributed by atoms with Crippen LogP contribution in [0.4, 0.5) is 0 Å². The molecule has 0 unspecified atom stereocenters. The van der Waals surface area contributed by atoms with Crippen molar-refractivity contribution in [3.8, 4) is 0 Å². The maximum atomic E-state index is 11.5. The van der Waals surface area contributed by atoms with Crippen LogP contribution in [0.15, 0.2) is 10.5 Å². The van der Waals surface area contributed by atoms with Crippen LogP contribution in [-0.2, 0) is 6.54 Å². The van der Waals surface area contributed by atoms with Gasteiger partial charge >= 0.3 is 0 Å². The van der Waals surface area contributed by atoms with Crippen LogP contribution in [0.25, 0.3) is 0 Å². The predicted molar refractivity (Wildman–Crippen MR) is 65.6 cm³/mol. The number of aliphatic hydroxyl groups excluding tert-OH is 1. The molecule has 18 heavy (non-hydrogen) atoms. The Labute approximate surface area is 106 Å².